The van der Waals surface area contributed by atoms with Gasteiger partial charge < -0.3 is 19.1 Å². The zero-order valence-corrected chi connectivity index (χ0v) is 22.6. The monoisotopic (exact) mass is 531 g/mol. The average molecular weight is 532 g/mol. The van der Waals surface area contributed by atoms with Gasteiger partial charge in [-0.1, -0.05) is 30.3 Å². The molecule has 10 nitrogen and oxygen atoms in total. The maximum atomic E-state index is 12.9. The molecule has 3 heterocycles. The summed E-state index contributed by atoms with van der Waals surface area (Å²) in [7, 11) is 0. The van der Waals surface area contributed by atoms with E-state index in [2.05, 4.69) is 17.1 Å². The molecule has 39 heavy (non-hydrogen) atoms. The lowest BCUT2D eigenvalue weighted by Crippen LogP contribution is -2.44. The van der Waals surface area contributed by atoms with E-state index in [-0.39, 0.29) is 12.1 Å². The standard InChI is InChI=1S/C29H33N5O5/c1-19-18-37-15-14-34(19)26-31-24-17-33(28(36)39-29(2,3)4)16-23(24)25(32-26)20-10-12-21(13-11-20)30-27(35)38-22-8-6-5-7-9-22/h5-13,19H,14-18H2,1-4H3,(H,30,35). The number of nitrogens with one attached hydrogen (secondary N) is 1. The molecule has 204 valence electrons. The number of morpholine rings is 1. The van der Waals surface area contributed by atoms with E-state index < -0.39 is 11.7 Å². The van der Waals surface area contributed by atoms with Crippen LogP contribution in [0.4, 0.5) is 21.2 Å². The molecule has 1 aromatic heterocycles. The minimum absolute atomic E-state index is 0.121. The molecule has 2 aliphatic heterocycles. The Morgan fingerprint density at radius 3 is 2.46 bits per heavy atom. The van der Waals surface area contributed by atoms with Gasteiger partial charge in [-0.2, -0.15) is 0 Å². The van der Waals surface area contributed by atoms with Crippen molar-refractivity contribution in [1.29, 1.82) is 0 Å². The number of anilines is 2. The van der Waals surface area contributed by atoms with E-state index in [1.807, 2.05) is 39.0 Å². The normalized spacial score (nSPS) is 17.0. The highest BCUT2D eigenvalue weighted by atomic mass is 16.6. The zero-order chi connectivity index (χ0) is 27.6. The lowest BCUT2D eigenvalue weighted by Gasteiger charge is -2.33. The number of amides is 2. The largest absolute Gasteiger partial charge is 0.444 e. The van der Waals surface area contributed by atoms with Crippen LogP contribution in [0.5, 0.6) is 5.75 Å². The van der Waals surface area contributed by atoms with Crippen molar-refractivity contribution in [2.75, 3.05) is 30.0 Å². The number of hydrogen-bond donors (Lipinski definition) is 1. The summed E-state index contributed by atoms with van der Waals surface area (Å²) in [5.41, 5.74) is 3.27. The van der Waals surface area contributed by atoms with Gasteiger partial charge in [-0.3, -0.25) is 10.2 Å². The van der Waals surface area contributed by atoms with Crippen LogP contribution < -0.4 is 15.0 Å². The molecule has 0 radical (unpaired) electrons. The van der Waals surface area contributed by atoms with Crippen molar-refractivity contribution in [3.63, 3.8) is 0 Å². The lowest BCUT2D eigenvalue weighted by molar-refractivity contribution is 0.0241. The molecule has 5 rings (SSSR count). The summed E-state index contributed by atoms with van der Waals surface area (Å²) in [6.45, 7) is 10.2. The van der Waals surface area contributed by atoms with Crippen LogP contribution in [0.1, 0.15) is 39.0 Å². The van der Waals surface area contributed by atoms with Gasteiger partial charge in [-0.05, 0) is 52.0 Å². The average Bonchev–Trinajstić information content (AvgIpc) is 3.33. The minimum atomic E-state index is -0.598. The highest BCUT2D eigenvalue weighted by Gasteiger charge is 2.33. The molecule has 10 heteroatoms. The fourth-order valence-corrected chi connectivity index (χ4v) is 4.54. The summed E-state index contributed by atoms with van der Waals surface area (Å²) < 4.78 is 16.5. The topological polar surface area (TPSA) is 106 Å². The molecular formula is C29H33N5O5. The van der Waals surface area contributed by atoms with Gasteiger partial charge in [-0.25, -0.2) is 19.6 Å². The molecule has 1 unspecified atom stereocenters. The minimum Gasteiger partial charge on any atom is -0.444 e. The maximum Gasteiger partial charge on any atom is 0.417 e. The van der Waals surface area contributed by atoms with Crippen molar-refractivity contribution in [1.82, 2.24) is 14.9 Å². The number of carbonyl (C=O) groups excluding carboxylic acids is 2. The maximum absolute atomic E-state index is 12.9. The van der Waals surface area contributed by atoms with Crippen molar-refractivity contribution in [2.24, 2.45) is 0 Å². The molecule has 2 aromatic carbocycles. The number of hydrogen-bond acceptors (Lipinski definition) is 8. The van der Waals surface area contributed by atoms with E-state index in [9.17, 15) is 9.59 Å². The van der Waals surface area contributed by atoms with Crippen molar-refractivity contribution >= 4 is 23.8 Å². The van der Waals surface area contributed by atoms with Gasteiger partial charge in [0.2, 0.25) is 5.95 Å². The van der Waals surface area contributed by atoms with Gasteiger partial charge in [0.15, 0.2) is 0 Å². The van der Waals surface area contributed by atoms with Crippen molar-refractivity contribution in [3.8, 4) is 17.0 Å². The Morgan fingerprint density at radius 2 is 1.77 bits per heavy atom. The van der Waals surface area contributed by atoms with Crippen LogP contribution in [0.25, 0.3) is 11.3 Å². The molecule has 1 N–H and O–H groups in total. The van der Waals surface area contributed by atoms with Crippen LogP contribution in [-0.2, 0) is 22.6 Å². The second kappa shape index (κ2) is 10.9. The summed E-state index contributed by atoms with van der Waals surface area (Å²) >= 11 is 0. The molecular weight excluding hydrogens is 498 g/mol. The number of fused-ring (bicyclic) bond motifs is 1. The molecule has 0 aliphatic carbocycles. The molecule has 1 saturated heterocycles. The van der Waals surface area contributed by atoms with Crippen LogP contribution in [0.15, 0.2) is 54.6 Å². The quantitative estimate of drug-likeness (QED) is 0.488. The number of carbonyl (C=O) groups is 2. The number of para-hydroxylation sites is 1. The Morgan fingerprint density at radius 1 is 1.03 bits per heavy atom. The Balaban J connectivity index is 1.41. The zero-order valence-electron chi connectivity index (χ0n) is 22.6. The van der Waals surface area contributed by atoms with Gasteiger partial charge in [0, 0.05) is 23.4 Å². The molecule has 1 fully saturated rings. The van der Waals surface area contributed by atoms with E-state index in [1.165, 1.54) is 0 Å². The van der Waals surface area contributed by atoms with Crippen LogP contribution in [0.3, 0.4) is 0 Å². The first-order chi connectivity index (χ1) is 18.7. The number of benzene rings is 2. The Bertz CT molecular complexity index is 1340. The molecule has 0 spiro atoms. The van der Waals surface area contributed by atoms with Crippen molar-refractivity contribution in [2.45, 2.75) is 52.4 Å². The highest BCUT2D eigenvalue weighted by molar-refractivity contribution is 5.86. The summed E-state index contributed by atoms with van der Waals surface area (Å²) in [5, 5.41) is 2.75. The molecule has 0 saturated carbocycles. The lowest BCUT2D eigenvalue weighted by atomic mass is 10.1. The molecule has 0 bridgehead atoms. The second-order valence-corrected chi connectivity index (χ2v) is 10.7. The van der Waals surface area contributed by atoms with Crippen molar-refractivity contribution < 1.29 is 23.8 Å². The van der Waals surface area contributed by atoms with Crippen LogP contribution >= 0.6 is 0 Å². The van der Waals surface area contributed by atoms with Gasteiger partial charge in [0.25, 0.3) is 0 Å². The van der Waals surface area contributed by atoms with Crippen LogP contribution in [0.2, 0.25) is 0 Å². The molecule has 3 aromatic rings. The van der Waals surface area contributed by atoms with Crippen LogP contribution in [0, 0.1) is 0 Å². The first-order valence-electron chi connectivity index (χ1n) is 13.0. The second-order valence-electron chi connectivity index (χ2n) is 10.7. The fraction of sp³-hybridized carbons (Fsp3) is 0.379. The summed E-state index contributed by atoms with van der Waals surface area (Å²) in [6.07, 6.45) is -0.960. The molecule has 1 atom stereocenters. The first kappa shape index (κ1) is 26.4. The Labute approximate surface area is 227 Å². The van der Waals surface area contributed by atoms with E-state index in [0.717, 1.165) is 22.5 Å². The van der Waals surface area contributed by atoms with Crippen molar-refractivity contribution in [3.05, 3.63) is 65.9 Å². The molecule has 2 amide bonds. The number of rotatable bonds is 4. The third-order valence-corrected chi connectivity index (χ3v) is 6.41. The van der Waals surface area contributed by atoms with E-state index in [1.54, 1.807) is 41.3 Å². The predicted octanol–water partition coefficient (Wildman–Crippen LogP) is 5.23. The van der Waals surface area contributed by atoms with Crippen LogP contribution in [-0.4, -0.2) is 58.5 Å². The smallest absolute Gasteiger partial charge is 0.417 e. The Kier molecular flexibility index (Phi) is 7.38. The van der Waals surface area contributed by atoms with Gasteiger partial charge >= 0.3 is 12.2 Å². The highest BCUT2D eigenvalue weighted by Crippen LogP contribution is 2.34. The number of nitrogens with zero attached hydrogens (tertiary/aromatic N) is 4. The third kappa shape index (κ3) is 6.28. The SMILES string of the molecule is CC1COCCN1c1nc2c(c(-c3ccc(NC(=O)Oc4ccccc4)cc3)n1)CN(C(=O)OC(C)(C)C)C2. The number of ether oxygens (including phenoxy) is 3. The van der Waals surface area contributed by atoms with Gasteiger partial charge in [0.05, 0.1) is 43.7 Å². The fourth-order valence-electron chi connectivity index (χ4n) is 4.54. The van der Waals surface area contributed by atoms with E-state index in [0.29, 0.717) is 50.2 Å². The third-order valence-electron chi connectivity index (χ3n) is 6.41. The summed E-state index contributed by atoms with van der Waals surface area (Å²) in [5.74, 6) is 1.07. The molecule has 2 aliphatic rings. The van der Waals surface area contributed by atoms with E-state index >= 15 is 0 Å². The van der Waals surface area contributed by atoms with Gasteiger partial charge in [-0.15, -0.1) is 0 Å². The van der Waals surface area contributed by atoms with E-state index in [4.69, 9.17) is 24.2 Å². The van der Waals surface area contributed by atoms with Gasteiger partial charge in [0.1, 0.15) is 11.4 Å². The summed E-state index contributed by atoms with van der Waals surface area (Å²) in [6, 6.07) is 16.4. The number of aromatic nitrogens is 2. The summed E-state index contributed by atoms with van der Waals surface area (Å²) in [4.78, 5) is 38.8. The Hall–Kier alpha value is -4.18. The predicted molar refractivity (Wildman–Crippen MR) is 147 cm³/mol. The first-order valence-corrected chi connectivity index (χ1v) is 13.0.